The van der Waals surface area contributed by atoms with E-state index in [9.17, 15) is 29.3 Å². The quantitative estimate of drug-likeness (QED) is 0.499. The molecule has 3 aliphatic rings. The van der Waals surface area contributed by atoms with Crippen LogP contribution < -0.4 is 5.32 Å². The van der Waals surface area contributed by atoms with Crippen LogP contribution in [-0.2, 0) is 9.53 Å². The summed E-state index contributed by atoms with van der Waals surface area (Å²) < 4.78 is 19.7. The largest absolute Gasteiger partial charge is 0.482 e. The molecule has 0 aromatic heterocycles. The van der Waals surface area contributed by atoms with E-state index in [1.54, 1.807) is 36.4 Å². The first-order valence-electron chi connectivity index (χ1n) is 11.3. The summed E-state index contributed by atoms with van der Waals surface area (Å²) in [7, 11) is 0. The maximum atomic E-state index is 13.6. The van der Waals surface area contributed by atoms with Crippen molar-refractivity contribution in [2.45, 2.75) is 37.7 Å². The summed E-state index contributed by atoms with van der Waals surface area (Å²) in [5.74, 6) is -0.851. The van der Waals surface area contributed by atoms with Crippen molar-refractivity contribution < 1.29 is 34.0 Å². The van der Waals surface area contributed by atoms with Crippen molar-refractivity contribution >= 4 is 28.6 Å². The average molecular weight is 480 g/mol. The van der Waals surface area contributed by atoms with Crippen LogP contribution in [0.4, 0.5) is 10.1 Å². The molecule has 1 saturated heterocycles. The molecule has 3 aliphatic heterocycles. The molecular formula is C26H25FN2O6. The van der Waals surface area contributed by atoms with Crippen LogP contribution in [-0.4, -0.2) is 69.0 Å². The van der Waals surface area contributed by atoms with Gasteiger partial charge in [0.1, 0.15) is 23.3 Å². The van der Waals surface area contributed by atoms with Gasteiger partial charge in [-0.3, -0.25) is 9.59 Å². The third kappa shape index (κ3) is 3.81. The Morgan fingerprint density at radius 1 is 1.20 bits per heavy atom. The lowest BCUT2D eigenvalue weighted by Crippen LogP contribution is -2.42. The Bertz CT molecular complexity index is 1280. The Kier molecular flexibility index (Phi) is 5.51. The molecule has 35 heavy (non-hydrogen) atoms. The summed E-state index contributed by atoms with van der Waals surface area (Å²) in [6.45, 7) is 3.20. The fourth-order valence-corrected chi connectivity index (χ4v) is 4.89. The number of carbonyl (C=O) groups excluding carboxylic acids is 2. The van der Waals surface area contributed by atoms with E-state index in [2.05, 4.69) is 5.32 Å². The van der Waals surface area contributed by atoms with Crippen molar-refractivity contribution in [1.29, 1.82) is 0 Å². The zero-order valence-corrected chi connectivity index (χ0v) is 19.2. The Morgan fingerprint density at radius 3 is 2.60 bits per heavy atom. The lowest BCUT2D eigenvalue weighted by molar-refractivity contribution is -0.111. The first-order valence-corrected chi connectivity index (χ1v) is 11.3. The Labute approximate surface area is 200 Å². The monoisotopic (exact) mass is 480 g/mol. The van der Waals surface area contributed by atoms with Crippen LogP contribution >= 0.6 is 0 Å². The zero-order chi connectivity index (χ0) is 25.1. The molecule has 3 heterocycles. The number of fused-ring (bicyclic) bond motifs is 1. The van der Waals surface area contributed by atoms with Crippen molar-refractivity contribution in [2.24, 2.45) is 0 Å². The maximum absolute atomic E-state index is 13.6. The molecule has 9 heteroatoms. The molecule has 1 fully saturated rings. The molecule has 182 valence electrons. The van der Waals surface area contributed by atoms with E-state index in [0.717, 1.165) is 11.1 Å². The average Bonchev–Trinajstić information content (AvgIpc) is 3.42. The van der Waals surface area contributed by atoms with Crippen LogP contribution in [0.3, 0.4) is 0 Å². The molecule has 0 unspecified atom stereocenters. The van der Waals surface area contributed by atoms with Gasteiger partial charge < -0.3 is 30.3 Å². The fourth-order valence-electron chi connectivity index (χ4n) is 4.89. The summed E-state index contributed by atoms with van der Waals surface area (Å²) in [6.07, 6.45) is -0.539. The van der Waals surface area contributed by atoms with Gasteiger partial charge in [0.15, 0.2) is 0 Å². The highest BCUT2D eigenvalue weighted by atomic mass is 19.1. The minimum Gasteiger partial charge on any atom is -0.482 e. The van der Waals surface area contributed by atoms with Crippen LogP contribution in [0.15, 0.2) is 54.3 Å². The van der Waals surface area contributed by atoms with Crippen molar-refractivity contribution in [3.8, 4) is 0 Å². The highest BCUT2D eigenvalue weighted by Gasteiger charge is 2.42. The number of nitrogens with zero attached hydrogens (tertiary/aromatic N) is 1. The molecule has 5 rings (SSSR count). The number of hydrogen-bond acceptors (Lipinski definition) is 6. The lowest BCUT2D eigenvalue weighted by atomic mass is 9.91. The number of anilines is 1. The predicted molar refractivity (Wildman–Crippen MR) is 125 cm³/mol. The predicted octanol–water partition coefficient (Wildman–Crippen LogP) is 1.92. The minimum absolute atomic E-state index is 0.0661. The molecule has 0 aliphatic carbocycles. The molecule has 0 spiro atoms. The number of aliphatic hydroxyl groups is 3. The molecule has 4 N–H and O–H groups in total. The van der Waals surface area contributed by atoms with Gasteiger partial charge in [-0.1, -0.05) is 12.1 Å². The zero-order valence-electron chi connectivity index (χ0n) is 19.2. The van der Waals surface area contributed by atoms with Gasteiger partial charge in [0.25, 0.3) is 11.8 Å². The topological polar surface area (TPSA) is 119 Å². The number of amides is 2. The SMILES string of the molecule is CC1(C)O/C(=C2/C(=O)Nc3cc(F)ccc32)C=C1c1ccc(C(=O)N2C[C@@H](O)[C@H](O)[C@H]2CO)cc1. The molecule has 2 amide bonds. The van der Waals surface area contributed by atoms with E-state index in [1.807, 2.05) is 13.8 Å². The summed E-state index contributed by atoms with van der Waals surface area (Å²) >= 11 is 0. The first kappa shape index (κ1) is 23.2. The van der Waals surface area contributed by atoms with Gasteiger partial charge >= 0.3 is 0 Å². The highest BCUT2D eigenvalue weighted by molar-refractivity contribution is 6.32. The second-order valence-corrected chi connectivity index (χ2v) is 9.40. The number of rotatable bonds is 3. The molecule has 2 aromatic carbocycles. The van der Waals surface area contributed by atoms with E-state index >= 15 is 0 Å². The molecule has 8 nitrogen and oxygen atoms in total. The third-order valence-corrected chi connectivity index (χ3v) is 6.73. The molecule has 2 aromatic rings. The van der Waals surface area contributed by atoms with Gasteiger partial charge in [-0.15, -0.1) is 0 Å². The standard InChI is InChI=1S/C26H25FN2O6/c1-26(2)17(10-21(35-26)22-16-8-7-15(27)9-18(16)28-24(22)33)13-3-5-14(6-4-13)25(34)29-11-20(31)23(32)19(29)12-30/h3-10,19-20,23,30-32H,11-12H2,1-2H3,(H,28,33)/b22-21+/t19-,20-,23-/m1/s1. The summed E-state index contributed by atoms with van der Waals surface area (Å²) in [4.78, 5) is 26.8. The van der Waals surface area contributed by atoms with Gasteiger partial charge in [0, 0.05) is 16.7 Å². The summed E-state index contributed by atoms with van der Waals surface area (Å²) in [6, 6.07) is 10.0. The van der Waals surface area contributed by atoms with Gasteiger partial charge in [-0.05, 0) is 55.8 Å². The van der Waals surface area contributed by atoms with Crippen LogP contribution in [0.2, 0.25) is 0 Å². The van der Waals surface area contributed by atoms with E-state index < -0.39 is 42.2 Å². The van der Waals surface area contributed by atoms with Gasteiger partial charge in [-0.2, -0.15) is 0 Å². The van der Waals surface area contributed by atoms with Crippen LogP contribution in [0.25, 0.3) is 11.1 Å². The van der Waals surface area contributed by atoms with Crippen molar-refractivity contribution in [2.75, 3.05) is 18.5 Å². The number of hydrogen-bond donors (Lipinski definition) is 4. The molecule has 0 radical (unpaired) electrons. The molecule has 0 bridgehead atoms. The van der Waals surface area contributed by atoms with Crippen molar-refractivity contribution in [3.05, 3.63) is 76.8 Å². The number of carbonyl (C=O) groups is 2. The van der Waals surface area contributed by atoms with Gasteiger partial charge in [0.05, 0.1) is 36.6 Å². The lowest BCUT2D eigenvalue weighted by Gasteiger charge is -2.25. The Balaban J connectivity index is 1.46. The number of nitrogens with one attached hydrogen (secondary N) is 1. The molecule has 3 atom stereocenters. The molecule has 0 saturated carbocycles. The summed E-state index contributed by atoms with van der Waals surface area (Å²) in [5.41, 5.74) is 2.42. The number of likely N-dealkylation sites (tertiary alicyclic amines) is 1. The minimum atomic E-state index is -1.20. The number of aliphatic hydroxyl groups excluding tert-OH is 3. The van der Waals surface area contributed by atoms with Crippen LogP contribution in [0, 0.1) is 5.82 Å². The second-order valence-electron chi connectivity index (χ2n) is 9.40. The smallest absolute Gasteiger partial charge is 0.260 e. The normalized spacial score (nSPS) is 26.9. The number of β-amino-alcohol motifs (C(OH)–C–C–N with tert-alkyl or cyclic N) is 1. The number of allylic oxidation sites excluding steroid dienone is 1. The third-order valence-electron chi connectivity index (χ3n) is 6.73. The fraction of sp³-hybridized carbons (Fsp3) is 0.308. The van der Waals surface area contributed by atoms with Crippen LogP contribution in [0.1, 0.15) is 35.3 Å². The highest BCUT2D eigenvalue weighted by Crippen LogP contribution is 2.44. The van der Waals surface area contributed by atoms with Crippen molar-refractivity contribution in [3.63, 3.8) is 0 Å². The summed E-state index contributed by atoms with van der Waals surface area (Å²) in [5, 5.41) is 32.1. The van der Waals surface area contributed by atoms with E-state index in [4.69, 9.17) is 4.74 Å². The van der Waals surface area contributed by atoms with E-state index in [0.29, 0.717) is 28.1 Å². The molecular weight excluding hydrogens is 455 g/mol. The van der Waals surface area contributed by atoms with E-state index in [1.165, 1.54) is 17.0 Å². The van der Waals surface area contributed by atoms with E-state index in [-0.39, 0.29) is 12.5 Å². The van der Waals surface area contributed by atoms with Gasteiger partial charge in [0.2, 0.25) is 0 Å². The Hall–Kier alpha value is -3.53. The van der Waals surface area contributed by atoms with Gasteiger partial charge in [-0.25, -0.2) is 4.39 Å². The maximum Gasteiger partial charge on any atom is 0.260 e. The van der Waals surface area contributed by atoms with Crippen LogP contribution in [0.5, 0.6) is 0 Å². The number of halogens is 1. The Morgan fingerprint density at radius 2 is 1.91 bits per heavy atom. The first-order chi connectivity index (χ1) is 16.6. The number of benzene rings is 2. The van der Waals surface area contributed by atoms with Crippen molar-refractivity contribution in [1.82, 2.24) is 4.90 Å². The number of ether oxygens (including phenoxy) is 1. The second kappa shape index (κ2) is 8.30.